The Kier molecular flexibility index (Phi) is 5.60. The number of anilines is 2. The summed E-state index contributed by atoms with van der Waals surface area (Å²) in [4.78, 5) is 23.4. The van der Waals surface area contributed by atoms with Crippen LogP contribution in [0.5, 0.6) is 0 Å². The van der Waals surface area contributed by atoms with E-state index in [4.69, 9.17) is 0 Å². The predicted molar refractivity (Wildman–Crippen MR) is 105 cm³/mol. The zero-order valence-electron chi connectivity index (χ0n) is 15.1. The van der Waals surface area contributed by atoms with E-state index in [0.29, 0.717) is 11.4 Å². The molecule has 2 aromatic rings. The van der Waals surface area contributed by atoms with Crippen molar-refractivity contribution >= 4 is 33.0 Å². The van der Waals surface area contributed by atoms with Crippen LogP contribution in [-0.4, -0.2) is 26.0 Å². The molecule has 0 fully saturated rings. The van der Waals surface area contributed by atoms with Crippen molar-refractivity contribution in [2.24, 2.45) is 0 Å². The molecule has 2 aromatic carbocycles. The van der Waals surface area contributed by atoms with Gasteiger partial charge in [-0.2, -0.15) is 0 Å². The Morgan fingerprint density at radius 1 is 0.926 bits per heavy atom. The quantitative estimate of drug-likeness (QED) is 0.798. The van der Waals surface area contributed by atoms with E-state index in [0.717, 1.165) is 24.8 Å². The Morgan fingerprint density at radius 2 is 1.56 bits per heavy atom. The third-order valence-corrected chi connectivity index (χ3v) is 6.23. The maximum absolute atomic E-state index is 12.5. The van der Waals surface area contributed by atoms with Gasteiger partial charge in [-0.3, -0.25) is 9.59 Å². The van der Waals surface area contributed by atoms with Crippen LogP contribution in [0.4, 0.5) is 11.4 Å². The zero-order valence-corrected chi connectivity index (χ0v) is 15.9. The van der Waals surface area contributed by atoms with Crippen LogP contribution in [0.25, 0.3) is 0 Å². The van der Waals surface area contributed by atoms with E-state index in [1.165, 1.54) is 12.5 Å². The van der Waals surface area contributed by atoms with Crippen molar-refractivity contribution in [3.05, 3.63) is 53.6 Å². The molecule has 3 rings (SSSR count). The lowest BCUT2D eigenvalue weighted by Crippen LogP contribution is -2.17. The van der Waals surface area contributed by atoms with Crippen LogP contribution in [0, 0.1) is 0 Å². The molecule has 0 aromatic heterocycles. The molecule has 0 aliphatic heterocycles. The average Bonchev–Trinajstić information content (AvgIpc) is 3.09. The second kappa shape index (κ2) is 7.92. The lowest BCUT2D eigenvalue weighted by atomic mass is 10.1. The van der Waals surface area contributed by atoms with E-state index >= 15 is 0 Å². The lowest BCUT2D eigenvalue weighted by molar-refractivity contribution is -0.116. The average molecular weight is 386 g/mol. The molecule has 2 N–H and O–H groups in total. The molecule has 7 heteroatoms. The highest BCUT2D eigenvalue weighted by molar-refractivity contribution is 7.91. The van der Waals surface area contributed by atoms with Gasteiger partial charge < -0.3 is 10.6 Å². The SMILES string of the molecule is CC(=O)Nc1ccc(NC(=O)CCS(=O)(=O)c2ccc3c(c2)CCC3)cc1. The van der Waals surface area contributed by atoms with Crippen molar-refractivity contribution in [1.29, 1.82) is 0 Å². The van der Waals surface area contributed by atoms with Crippen molar-refractivity contribution in [2.45, 2.75) is 37.5 Å². The molecular formula is C20H22N2O4S. The van der Waals surface area contributed by atoms with Gasteiger partial charge >= 0.3 is 0 Å². The van der Waals surface area contributed by atoms with E-state index in [9.17, 15) is 18.0 Å². The highest BCUT2D eigenvalue weighted by Crippen LogP contribution is 2.25. The molecule has 0 bridgehead atoms. The number of carbonyl (C=O) groups excluding carboxylic acids is 2. The van der Waals surface area contributed by atoms with Crippen LogP contribution in [-0.2, 0) is 32.3 Å². The monoisotopic (exact) mass is 386 g/mol. The van der Waals surface area contributed by atoms with Gasteiger partial charge in [0, 0.05) is 24.7 Å². The number of hydrogen-bond donors (Lipinski definition) is 2. The summed E-state index contributed by atoms with van der Waals surface area (Å²) < 4.78 is 25.0. The molecule has 0 heterocycles. The Hall–Kier alpha value is -2.67. The third-order valence-electron chi connectivity index (χ3n) is 4.52. The summed E-state index contributed by atoms with van der Waals surface area (Å²) >= 11 is 0. The van der Waals surface area contributed by atoms with Gasteiger partial charge in [-0.05, 0) is 66.8 Å². The summed E-state index contributed by atoms with van der Waals surface area (Å²) in [6.07, 6.45) is 2.85. The molecular weight excluding hydrogens is 364 g/mol. The third kappa shape index (κ3) is 4.95. The zero-order chi connectivity index (χ0) is 19.4. The molecule has 1 aliphatic rings. The first-order valence-corrected chi connectivity index (χ1v) is 10.5. The smallest absolute Gasteiger partial charge is 0.225 e. The number of nitrogens with one attached hydrogen (secondary N) is 2. The molecule has 0 saturated heterocycles. The van der Waals surface area contributed by atoms with Gasteiger partial charge in [0.25, 0.3) is 0 Å². The maximum atomic E-state index is 12.5. The van der Waals surface area contributed by atoms with Crippen molar-refractivity contribution < 1.29 is 18.0 Å². The summed E-state index contributed by atoms with van der Waals surface area (Å²) in [7, 11) is -3.50. The number of amides is 2. The molecule has 1 aliphatic carbocycles. The molecule has 6 nitrogen and oxygen atoms in total. The first-order chi connectivity index (χ1) is 12.8. The van der Waals surface area contributed by atoms with Crippen LogP contribution >= 0.6 is 0 Å². The Balaban J connectivity index is 1.57. The van der Waals surface area contributed by atoms with Crippen LogP contribution in [0.3, 0.4) is 0 Å². The number of rotatable bonds is 6. The van der Waals surface area contributed by atoms with E-state index in [1.807, 2.05) is 6.07 Å². The second-order valence-corrected chi connectivity index (χ2v) is 8.77. The van der Waals surface area contributed by atoms with Crippen molar-refractivity contribution in [3.8, 4) is 0 Å². The normalized spacial score (nSPS) is 13.1. The van der Waals surface area contributed by atoms with E-state index < -0.39 is 9.84 Å². The van der Waals surface area contributed by atoms with Gasteiger partial charge in [-0.25, -0.2) is 8.42 Å². The molecule has 0 saturated carbocycles. The number of carbonyl (C=O) groups is 2. The summed E-state index contributed by atoms with van der Waals surface area (Å²) in [5, 5.41) is 5.31. The first-order valence-electron chi connectivity index (χ1n) is 8.85. The highest BCUT2D eigenvalue weighted by atomic mass is 32.2. The Bertz CT molecular complexity index is 966. The standard InChI is InChI=1S/C20H22N2O4S/c1-14(23)21-17-6-8-18(9-7-17)22-20(24)11-12-27(25,26)19-10-5-15-3-2-4-16(15)13-19/h5-10,13H,2-4,11-12H2,1H3,(H,21,23)(H,22,24). The van der Waals surface area contributed by atoms with Gasteiger partial charge in [0.1, 0.15) is 0 Å². The summed E-state index contributed by atoms with van der Waals surface area (Å²) in [6.45, 7) is 1.41. The van der Waals surface area contributed by atoms with Crippen LogP contribution in [0.1, 0.15) is 30.9 Å². The van der Waals surface area contributed by atoms with E-state index in [1.54, 1.807) is 36.4 Å². The van der Waals surface area contributed by atoms with Gasteiger partial charge in [-0.15, -0.1) is 0 Å². The fourth-order valence-electron chi connectivity index (χ4n) is 3.15. The summed E-state index contributed by atoms with van der Waals surface area (Å²) in [5.74, 6) is -0.780. The predicted octanol–water partition coefficient (Wildman–Crippen LogP) is 2.94. The molecule has 0 radical (unpaired) electrons. The topological polar surface area (TPSA) is 92.3 Å². The van der Waals surface area contributed by atoms with Crippen molar-refractivity contribution in [2.75, 3.05) is 16.4 Å². The van der Waals surface area contributed by atoms with Crippen LogP contribution in [0.15, 0.2) is 47.4 Å². The minimum Gasteiger partial charge on any atom is -0.326 e. The molecule has 0 atom stereocenters. The Labute approximate surface area is 158 Å². The molecule has 27 heavy (non-hydrogen) atoms. The number of benzene rings is 2. The van der Waals surface area contributed by atoms with Gasteiger partial charge in [0.15, 0.2) is 9.84 Å². The van der Waals surface area contributed by atoms with Crippen LogP contribution < -0.4 is 10.6 Å². The minimum atomic E-state index is -3.50. The summed E-state index contributed by atoms with van der Waals surface area (Å²) in [5.41, 5.74) is 3.48. The Morgan fingerprint density at radius 3 is 2.22 bits per heavy atom. The summed E-state index contributed by atoms with van der Waals surface area (Å²) in [6, 6.07) is 11.9. The number of hydrogen-bond acceptors (Lipinski definition) is 4. The van der Waals surface area contributed by atoms with Crippen LogP contribution in [0.2, 0.25) is 0 Å². The minimum absolute atomic E-state index is 0.118. The largest absolute Gasteiger partial charge is 0.326 e. The lowest BCUT2D eigenvalue weighted by Gasteiger charge is -2.09. The number of sulfone groups is 1. The molecule has 142 valence electrons. The number of fused-ring (bicyclic) bond motifs is 1. The molecule has 0 unspecified atom stereocenters. The second-order valence-electron chi connectivity index (χ2n) is 6.66. The first kappa shape index (κ1) is 19.1. The van der Waals surface area contributed by atoms with E-state index in [-0.39, 0.29) is 28.9 Å². The van der Waals surface area contributed by atoms with Crippen molar-refractivity contribution in [3.63, 3.8) is 0 Å². The molecule has 2 amide bonds. The van der Waals surface area contributed by atoms with Crippen molar-refractivity contribution in [1.82, 2.24) is 0 Å². The highest BCUT2D eigenvalue weighted by Gasteiger charge is 2.19. The van der Waals surface area contributed by atoms with E-state index in [2.05, 4.69) is 10.6 Å². The molecule has 0 spiro atoms. The fraction of sp³-hybridized carbons (Fsp3) is 0.300. The number of aryl methyl sites for hydroxylation is 2. The fourth-order valence-corrected chi connectivity index (χ4v) is 4.44. The van der Waals surface area contributed by atoms with Gasteiger partial charge in [0.2, 0.25) is 11.8 Å². The van der Waals surface area contributed by atoms with Gasteiger partial charge in [0.05, 0.1) is 10.6 Å². The van der Waals surface area contributed by atoms with Gasteiger partial charge in [-0.1, -0.05) is 6.07 Å². The maximum Gasteiger partial charge on any atom is 0.225 e.